The second kappa shape index (κ2) is 7.46. The van der Waals surface area contributed by atoms with Crippen LogP contribution in [0.5, 0.6) is 0 Å². The molecule has 0 aromatic heterocycles. The van der Waals surface area contributed by atoms with Crippen LogP contribution in [0.4, 0.5) is 13.2 Å². The fourth-order valence-electron chi connectivity index (χ4n) is 2.46. The van der Waals surface area contributed by atoms with Gasteiger partial charge in [0.1, 0.15) is 0 Å². The number of sulfone groups is 2. The van der Waals surface area contributed by atoms with E-state index in [1.165, 1.54) is 0 Å². The van der Waals surface area contributed by atoms with E-state index in [0.29, 0.717) is 18.6 Å². The fourth-order valence-corrected chi connectivity index (χ4v) is 5.09. The summed E-state index contributed by atoms with van der Waals surface area (Å²) in [6.07, 6.45) is 0.237. The van der Waals surface area contributed by atoms with Crippen LogP contribution in [0.15, 0.2) is 29.2 Å². The van der Waals surface area contributed by atoms with Gasteiger partial charge in [-0.05, 0) is 36.6 Å². The molecule has 1 aromatic rings. The number of hydrogen-bond acceptors (Lipinski definition) is 6. The lowest BCUT2D eigenvalue weighted by atomic mass is 10.1. The number of carbonyl (C=O) groups is 2. The number of carbonyl (C=O) groups excluding carboxylic acids is 2. The van der Waals surface area contributed by atoms with E-state index in [9.17, 15) is 39.6 Å². The largest absolute Gasteiger partial charge is 0.501 e. The van der Waals surface area contributed by atoms with Crippen LogP contribution in [0.3, 0.4) is 0 Å². The predicted molar refractivity (Wildman–Crippen MR) is 86.7 cm³/mol. The van der Waals surface area contributed by atoms with E-state index in [1.54, 1.807) is 0 Å². The summed E-state index contributed by atoms with van der Waals surface area (Å²) in [5.41, 5.74) is -1.55. The number of halogens is 3. The molecule has 1 fully saturated rings. The molecule has 1 atom stereocenters. The molecule has 0 spiro atoms. The van der Waals surface area contributed by atoms with E-state index < -0.39 is 41.9 Å². The Morgan fingerprint density at radius 3 is 2.19 bits per heavy atom. The molecule has 1 heterocycles. The van der Waals surface area contributed by atoms with Crippen molar-refractivity contribution in [3.8, 4) is 0 Å². The van der Waals surface area contributed by atoms with E-state index in [0.717, 1.165) is 12.1 Å². The molecule has 0 aliphatic carbocycles. The van der Waals surface area contributed by atoms with Crippen molar-refractivity contribution in [3.63, 3.8) is 0 Å². The van der Waals surface area contributed by atoms with Crippen molar-refractivity contribution < 1.29 is 39.6 Å². The first kappa shape index (κ1) is 21.2. The number of alkyl halides is 3. The minimum Gasteiger partial charge on any atom is -0.273 e. The van der Waals surface area contributed by atoms with Crippen molar-refractivity contribution in [2.45, 2.75) is 23.2 Å². The third-order valence-electron chi connectivity index (χ3n) is 3.85. The summed E-state index contributed by atoms with van der Waals surface area (Å²) < 4.78 is 82.5. The second-order valence-electron chi connectivity index (χ2n) is 5.95. The van der Waals surface area contributed by atoms with E-state index in [2.05, 4.69) is 5.43 Å². The quantitative estimate of drug-likeness (QED) is 0.675. The highest BCUT2D eigenvalue weighted by Gasteiger charge is 2.46. The number of nitrogens with one attached hydrogen (secondary N) is 2. The Hall–Kier alpha value is -2.15. The Morgan fingerprint density at radius 1 is 1.11 bits per heavy atom. The van der Waals surface area contributed by atoms with Gasteiger partial charge in [0.25, 0.3) is 15.7 Å². The van der Waals surface area contributed by atoms with Crippen LogP contribution >= 0.6 is 0 Å². The van der Waals surface area contributed by atoms with Crippen LogP contribution in [0.1, 0.15) is 23.2 Å². The molecule has 150 valence electrons. The van der Waals surface area contributed by atoms with Crippen molar-refractivity contribution in [1.29, 1.82) is 0 Å². The van der Waals surface area contributed by atoms with Crippen molar-refractivity contribution in [1.82, 2.24) is 10.9 Å². The number of amides is 2. The zero-order valence-electron chi connectivity index (χ0n) is 13.6. The Kier molecular flexibility index (Phi) is 5.85. The molecule has 1 unspecified atom stereocenters. The Bertz CT molecular complexity index is 940. The lowest BCUT2D eigenvalue weighted by Gasteiger charge is -2.11. The first-order valence-corrected chi connectivity index (χ1v) is 10.8. The van der Waals surface area contributed by atoms with Crippen molar-refractivity contribution >= 4 is 31.5 Å². The fraction of sp³-hybridized carbons (Fsp3) is 0.429. The van der Waals surface area contributed by atoms with E-state index in [1.807, 2.05) is 5.43 Å². The first-order valence-electron chi connectivity index (χ1n) is 7.53. The molecule has 2 rings (SSSR count). The van der Waals surface area contributed by atoms with Crippen LogP contribution < -0.4 is 10.9 Å². The highest BCUT2D eigenvalue weighted by Crippen LogP contribution is 2.30. The van der Waals surface area contributed by atoms with E-state index in [-0.39, 0.29) is 29.4 Å². The van der Waals surface area contributed by atoms with Crippen LogP contribution in [-0.4, -0.2) is 45.7 Å². The molecule has 13 heteroatoms. The molecule has 0 bridgehead atoms. The molecule has 2 amide bonds. The normalized spacial score (nSPS) is 19.4. The molecule has 1 saturated heterocycles. The van der Waals surface area contributed by atoms with Gasteiger partial charge in [-0.25, -0.2) is 16.8 Å². The molecule has 2 N–H and O–H groups in total. The maximum atomic E-state index is 12.5. The third kappa shape index (κ3) is 5.19. The highest BCUT2D eigenvalue weighted by molar-refractivity contribution is 7.92. The predicted octanol–water partition coefficient (Wildman–Crippen LogP) is 0.566. The van der Waals surface area contributed by atoms with Crippen LogP contribution in [-0.2, 0) is 24.5 Å². The molecule has 8 nitrogen and oxygen atoms in total. The lowest BCUT2D eigenvalue weighted by Crippen LogP contribution is -2.42. The molecule has 1 aliphatic heterocycles. The van der Waals surface area contributed by atoms with Gasteiger partial charge < -0.3 is 0 Å². The van der Waals surface area contributed by atoms with Gasteiger partial charge >= 0.3 is 5.51 Å². The van der Waals surface area contributed by atoms with Gasteiger partial charge in [-0.2, -0.15) is 13.2 Å². The van der Waals surface area contributed by atoms with Crippen molar-refractivity contribution in [2.75, 3.05) is 11.5 Å². The zero-order chi connectivity index (χ0) is 20.5. The summed E-state index contributed by atoms with van der Waals surface area (Å²) in [6, 6.07) is 2.99. The number of rotatable bonds is 4. The SMILES string of the molecule is O=C(CC1CCS(=O)(=O)C1)NNC(=O)c1ccc(S(=O)(=O)C(F)(F)F)cc1. The molecular formula is C14H15F3N2O6S2. The summed E-state index contributed by atoms with van der Waals surface area (Å²) in [6.45, 7) is 0. The zero-order valence-corrected chi connectivity index (χ0v) is 15.2. The topological polar surface area (TPSA) is 126 Å². The van der Waals surface area contributed by atoms with Crippen LogP contribution in [0.2, 0.25) is 0 Å². The van der Waals surface area contributed by atoms with Crippen molar-refractivity contribution in [3.05, 3.63) is 29.8 Å². The second-order valence-corrected chi connectivity index (χ2v) is 10.1. The summed E-state index contributed by atoms with van der Waals surface area (Å²) in [4.78, 5) is 22.6. The monoisotopic (exact) mass is 428 g/mol. The van der Waals surface area contributed by atoms with Crippen molar-refractivity contribution in [2.24, 2.45) is 5.92 Å². The van der Waals surface area contributed by atoms with Gasteiger partial charge in [0.2, 0.25) is 5.91 Å². The molecule has 1 aliphatic rings. The number of hydrogen-bond donors (Lipinski definition) is 2. The number of hydrazine groups is 1. The maximum absolute atomic E-state index is 12.5. The minimum atomic E-state index is -5.52. The van der Waals surface area contributed by atoms with Crippen LogP contribution in [0, 0.1) is 5.92 Å². The molecule has 27 heavy (non-hydrogen) atoms. The molecule has 1 aromatic carbocycles. The molecular weight excluding hydrogens is 413 g/mol. The minimum absolute atomic E-state index is 0.00445. The van der Waals surface area contributed by atoms with Gasteiger partial charge in [-0.3, -0.25) is 20.4 Å². The third-order valence-corrected chi connectivity index (χ3v) is 7.19. The summed E-state index contributed by atoms with van der Waals surface area (Å²) in [5.74, 6) is -1.95. The Labute approximate surface area is 152 Å². The molecule has 0 radical (unpaired) electrons. The van der Waals surface area contributed by atoms with E-state index >= 15 is 0 Å². The van der Waals surface area contributed by atoms with Gasteiger partial charge in [0, 0.05) is 12.0 Å². The average molecular weight is 428 g/mol. The maximum Gasteiger partial charge on any atom is 0.501 e. The Balaban J connectivity index is 1.92. The highest BCUT2D eigenvalue weighted by atomic mass is 32.2. The van der Waals surface area contributed by atoms with Crippen LogP contribution in [0.25, 0.3) is 0 Å². The first-order chi connectivity index (χ1) is 12.3. The summed E-state index contributed by atoms with van der Waals surface area (Å²) >= 11 is 0. The average Bonchev–Trinajstić information content (AvgIpc) is 2.90. The summed E-state index contributed by atoms with van der Waals surface area (Å²) in [5, 5.41) is 0. The van der Waals surface area contributed by atoms with E-state index in [4.69, 9.17) is 0 Å². The smallest absolute Gasteiger partial charge is 0.273 e. The van der Waals surface area contributed by atoms with Gasteiger partial charge in [-0.15, -0.1) is 0 Å². The Morgan fingerprint density at radius 2 is 1.70 bits per heavy atom. The summed E-state index contributed by atoms with van der Waals surface area (Å²) in [7, 11) is -8.66. The van der Waals surface area contributed by atoms with Gasteiger partial charge in [-0.1, -0.05) is 0 Å². The molecule has 0 saturated carbocycles. The van der Waals surface area contributed by atoms with Gasteiger partial charge in [0.15, 0.2) is 9.84 Å². The standard InChI is InChI=1S/C14H15F3N2O6S2/c15-14(16,17)27(24,25)11-3-1-10(2-4-11)13(21)19-18-12(20)7-9-5-6-26(22,23)8-9/h1-4,9H,5-8H2,(H,18,20)(H,19,21). The van der Waals surface area contributed by atoms with Gasteiger partial charge in [0.05, 0.1) is 16.4 Å². The lowest BCUT2D eigenvalue weighted by molar-refractivity contribution is -0.122. The number of benzene rings is 1.